The lowest BCUT2D eigenvalue weighted by molar-refractivity contribution is 0.111. The Labute approximate surface area is 539 Å². The number of aliphatic hydroxyl groups excluding tert-OH is 3. The summed E-state index contributed by atoms with van der Waals surface area (Å²) in [5.74, 6) is 3.80. The first kappa shape index (κ1) is 74.6. The van der Waals surface area contributed by atoms with Gasteiger partial charge < -0.3 is 53.8 Å². The molecular weight excluding hydrogens is 1290 g/mol. The SMILES string of the molecule is CC(C)Br.CS(=O)(=O)O.Cc1cccc(N)n1.Cc1cnc(Nc2cccc(C=O)n2)s1.Cc1cnc(Nc2cccc(CN3CCCCC3)n2)s1.Cc1cnc(Nc2cccc(CO)n2)s1.NC(=S)Nc1cccc(CO)n1.Nc1cccc(CO)n1. The number of aliphatic hydroxyl groups is 3. The number of anilines is 9. The van der Waals surface area contributed by atoms with Gasteiger partial charge in [-0.2, -0.15) is 8.42 Å². The number of thiocarbonyl (C=S) groups is 1. The number of nitrogens with zero attached hydrogens (tertiary/aromatic N) is 10. The smallest absolute Gasteiger partial charge is 0.261 e. The Bertz CT molecular complexity index is 3550. The number of carbonyl (C=O) groups excluding carboxylic acids is 1. The van der Waals surface area contributed by atoms with E-state index >= 15 is 0 Å². The van der Waals surface area contributed by atoms with Gasteiger partial charge in [0.2, 0.25) is 0 Å². The first-order valence-corrected chi connectivity index (χ1v) is 32.5. The van der Waals surface area contributed by atoms with Gasteiger partial charge >= 0.3 is 0 Å². The van der Waals surface area contributed by atoms with Crippen LogP contribution in [0.1, 0.15) is 86.7 Å². The topological polar surface area (TPSA) is 378 Å². The predicted molar refractivity (Wildman–Crippen MR) is 364 cm³/mol. The molecule has 0 aromatic carbocycles. The van der Waals surface area contributed by atoms with Crippen LogP contribution in [0, 0.1) is 27.7 Å². The summed E-state index contributed by atoms with van der Waals surface area (Å²) in [5, 5.41) is 41.0. The van der Waals surface area contributed by atoms with Gasteiger partial charge in [0.25, 0.3) is 10.1 Å². The van der Waals surface area contributed by atoms with E-state index in [1.165, 1.54) is 37.2 Å². The van der Waals surface area contributed by atoms with E-state index in [9.17, 15) is 13.2 Å². The highest BCUT2D eigenvalue weighted by Gasteiger charge is 2.12. The summed E-state index contributed by atoms with van der Waals surface area (Å²) >= 11 is 12.7. The van der Waals surface area contributed by atoms with Crippen molar-refractivity contribution in [1.82, 2.24) is 49.8 Å². The molecule has 10 rings (SSSR count). The van der Waals surface area contributed by atoms with E-state index in [4.69, 9.17) is 37.1 Å². The molecule has 88 heavy (non-hydrogen) atoms. The van der Waals surface area contributed by atoms with Crippen molar-refractivity contribution in [3.05, 3.63) is 177 Å². The molecule has 0 unspecified atom stereocenters. The summed E-state index contributed by atoms with van der Waals surface area (Å²) in [6.07, 6.45) is 10.9. The van der Waals surface area contributed by atoms with Gasteiger partial charge in [0.15, 0.2) is 26.8 Å². The Hall–Kier alpha value is -7.62. The van der Waals surface area contributed by atoms with Crippen LogP contribution < -0.4 is 38.5 Å². The normalized spacial score (nSPS) is 11.3. The van der Waals surface area contributed by atoms with Crippen LogP contribution in [0.4, 0.5) is 50.3 Å². The number of likely N-dealkylation sites (tertiary alicyclic amines) is 1. The molecule has 0 radical (unpaired) electrons. The molecule has 0 spiro atoms. The molecule has 1 fully saturated rings. The van der Waals surface area contributed by atoms with Gasteiger partial charge in [0.05, 0.1) is 48.9 Å². The van der Waals surface area contributed by atoms with Gasteiger partial charge in [0.1, 0.15) is 40.6 Å². The number of halogens is 1. The second kappa shape index (κ2) is 41.5. The Morgan fingerprint density at radius 2 is 0.966 bits per heavy atom. The maximum absolute atomic E-state index is 10.5. The molecule has 30 heteroatoms. The largest absolute Gasteiger partial charge is 0.390 e. The number of nitrogen functional groups attached to an aromatic ring is 2. The number of pyridine rings is 6. The van der Waals surface area contributed by atoms with Crippen LogP contribution in [0.3, 0.4) is 0 Å². The molecule has 1 aliphatic rings. The number of thiazole rings is 3. The number of carbonyl (C=O) groups is 1. The van der Waals surface area contributed by atoms with Crippen molar-refractivity contribution in [2.75, 3.05) is 52.1 Å². The molecule has 0 aliphatic carbocycles. The third kappa shape index (κ3) is 35.3. The number of aldehydes is 1. The van der Waals surface area contributed by atoms with Crippen molar-refractivity contribution < 1.29 is 33.1 Å². The van der Waals surface area contributed by atoms with Crippen LogP contribution in [0.2, 0.25) is 0 Å². The van der Waals surface area contributed by atoms with Gasteiger partial charge in [0, 0.05) is 50.3 Å². The minimum absolute atomic E-state index is 0.0492. The zero-order chi connectivity index (χ0) is 64.9. The fourth-order valence-electron chi connectivity index (χ4n) is 6.69. The molecule has 0 bridgehead atoms. The molecule has 0 amide bonds. The first-order valence-electron chi connectivity index (χ1n) is 26.9. The third-order valence-corrected chi connectivity index (χ3v) is 12.8. The molecule has 14 N–H and O–H groups in total. The molecule has 1 saturated heterocycles. The molecule has 9 aromatic rings. The van der Waals surface area contributed by atoms with E-state index in [1.807, 2.05) is 63.5 Å². The lowest BCUT2D eigenvalue weighted by Crippen LogP contribution is -2.29. The molecule has 10 heterocycles. The quantitative estimate of drug-likeness (QED) is 0.0221. The third-order valence-electron chi connectivity index (χ3n) is 10.2. The Balaban J connectivity index is 0.000000274. The van der Waals surface area contributed by atoms with Crippen molar-refractivity contribution in [2.45, 2.75) is 92.0 Å². The van der Waals surface area contributed by atoms with E-state index in [0.29, 0.717) is 62.9 Å². The molecule has 0 saturated carbocycles. The van der Waals surface area contributed by atoms with Crippen LogP contribution in [0.25, 0.3) is 0 Å². The number of aryl methyl sites for hydroxylation is 4. The monoisotopic (exact) mass is 1360 g/mol. The summed E-state index contributed by atoms with van der Waals surface area (Å²) in [6.45, 7) is 15.3. The first-order chi connectivity index (χ1) is 41.9. The van der Waals surface area contributed by atoms with Gasteiger partial charge in [-0.1, -0.05) is 72.6 Å². The number of hydrogen-bond acceptors (Lipinski definition) is 25. The van der Waals surface area contributed by atoms with Crippen LogP contribution in [-0.4, -0.2) is 114 Å². The molecule has 0 atom stereocenters. The fraction of sp³-hybridized carbons (Fsp3) is 0.293. The number of hydrogen-bond donors (Lipinski definition) is 11. The predicted octanol–water partition coefficient (Wildman–Crippen LogP) is 10.7. The van der Waals surface area contributed by atoms with Crippen molar-refractivity contribution in [2.24, 2.45) is 5.73 Å². The van der Waals surface area contributed by atoms with Gasteiger partial charge in [-0.05, 0) is 139 Å². The molecule has 24 nitrogen and oxygen atoms in total. The zero-order valence-electron chi connectivity index (χ0n) is 49.8. The lowest BCUT2D eigenvalue weighted by Gasteiger charge is -2.26. The maximum atomic E-state index is 10.5. The minimum atomic E-state index is -3.67. The zero-order valence-corrected chi connectivity index (χ0v) is 55.4. The summed E-state index contributed by atoms with van der Waals surface area (Å²) in [7, 11) is -3.67. The number of piperidine rings is 1. The number of aromatic nitrogens is 9. The van der Waals surface area contributed by atoms with Gasteiger partial charge in [-0.25, -0.2) is 44.9 Å². The highest BCUT2D eigenvalue weighted by atomic mass is 79.9. The Morgan fingerprint density at radius 1 is 0.602 bits per heavy atom. The van der Waals surface area contributed by atoms with E-state index in [0.717, 1.165) is 55.2 Å². The van der Waals surface area contributed by atoms with Crippen molar-refractivity contribution in [1.29, 1.82) is 0 Å². The summed E-state index contributed by atoms with van der Waals surface area (Å²) in [4.78, 5) is 54.5. The number of nitrogens with one attached hydrogen (secondary N) is 4. The van der Waals surface area contributed by atoms with Crippen molar-refractivity contribution >= 4 is 134 Å². The van der Waals surface area contributed by atoms with E-state index < -0.39 is 10.1 Å². The molecular formula is C58H76BrN17O7S5. The van der Waals surface area contributed by atoms with E-state index in [-0.39, 0.29) is 24.9 Å². The standard InChI is InChI=1S/C15H20N4S.C10H11N3OS.C10H9N3OS.C7H9N3OS.C6H8N2O.C6H8N2.C3H7Br.CH4O3S/c1-12-10-16-15(20-12)18-14-7-5-6-13(17-14)11-19-8-3-2-4-9-19;2*1-7-5-11-10(15-7)13-9-4-2-3-8(6-14)12-9;8-7(12)10-6-3-1-2-5(4-11)9-6;7-6-3-1-2-5(4-9)8-6;1-5-3-2-4-6(7)8-5;1-3(2)4;1-5(2,3)4/h5-7,10H,2-4,8-9,11H2,1H3,(H,16,17,18);2-5,14H,6H2,1H3,(H,11,12,13);2-6H,1H3,(H,11,12,13);1-3,11H,4H2,(H3,8,9,10,12);1-3,9H,4H2,(H2,7,8);2-4H,1H3,(H2,7,8);3H,1-2H3;1H3,(H,2,3,4). The van der Waals surface area contributed by atoms with Crippen LogP contribution in [0.5, 0.6) is 0 Å². The fourth-order valence-corrected chi connectivity index (χ4v) is 8.81. The minimum Gasteiger partial charge on any atom is -0.390 e. The maximum Gasteiger partial charge on any atom is 0.261 e. The number of alkyl halides is 1. The van der Waals surface area contributed by atoms with Crippen LogP contribution in [0.15, 0.2) is 128 Å². The van der Waals surface area contributed by atoms with Gasteiger partial charge in [-0.3, -0.25) is 14.2 Å². The second-order valence-corrected chi connectivity index (χ2v) is 26.1. The van der Waals surface area contributed by atoms with E-state index in [2.05, 4.69) is 132 Å². The summed E-state index contributed by atoms with van der Waals surface area (Å²) < 4.78 is 25.9. The Morgan fingerprint density at radius 3 is 1.33 bits per heavy atom. The molecule has 9 aromatic heterocycles. The van der Waals surface area contributed by atoms with E-state index in [1.54, 1.807) is 107 Å². The van der Waals surface area contributed by atoms with Crippen molar-refractivity contribution in [3.63, 3.8) is 0 Å². The van der Waals surface area contributed by atoms with Crippen LogP contribution >= 0.6 is 62.2 Å². The Kier molecular flexibility index (Phi) is 35.2. The second-order valence-electron chi connectivity index (χ2n) is 18.6. The van der Waals surface area contributed by atoms with Crippen molar-refractivity contribution in [3.8, 4) is 0 Å². The number of nitrogens with two attached hydrogens (primary N) is 3. The molecule has 1 aliphatic heterocycles. The van der Waals surface area contributed by atoms with Crippen LogP contribution in [-0.2, 0) is 36.5 Å². The average Bonchev–Trinajstić information content (AvgIpc) is 4.29. The van der Waals surface area contributed by atoms with Gasteiger partial charge in [-0.15, -0.1) is 34.0 Å². The molecule has 472 valence electrons. The average molecular weight is 1360 g/mol. The number of rotatable bonds is 13. The summed E-state index contributed by atoms with van der Waals surface area (Å²) in [5.41, 5.74) is 20.2. The highest BCUT2D eigenvalue weighted by molar-refractivity contribution is 9.09. The summed E-state index contributed by atoms with van der Waals surface area (Å²) in [6, 6.07) is 32.8. The lowest BCUT2D eigenvalue weighted by atomic mass is 10.1. The highest BCUT2D eigenvalue weighted by Crippen LogP contribution is 2.23.